The van der Waals surface area contributed by atoms with Crippen LogP contribution in [0.25, 0.3) is 0 Å². The van der Waals surface area contributed by atoms with Gasteiger partial charge in [0.15, 0.2) is 0 Å². The number of aliphatic hydroxyl groups is 2. The molecule has 0 fully saturated rings. The van der Waals surface area contributed by atoms with E-state index in [1.807, 2.05) is 11.9 Å². The average Bonchev–Trinajstić information content (AvgIpc) is 2.25. The van der Waals surface area contributed by atoms with Crippen molar-refractivity contribution in [2.45, 2.75) is 26.4 Å². The standard InChI is InChI=1S/C13H21NO2/c1-10-4-5-11(2)12(6-10)7-14(3)13(8-15)9-16/h4-6,13,15-16H,7-9H2,1-3H3. The summed E-state index contributed by atoms with van der Waals surface area (Å²) in [5.74, 6) is 0. The quantitative estimate of drug-likeness (QED) is 0.785. The Hall–Kier alpha value is -0.900. The molecule has 0 unspecified atom stereocenters. The first-order valence-electron chi connectivity index (χ1n) is 5.56. The van der Waals surface area contributed by atoms with Gasteiger partial charge in [-0.1, -0.05) is 23.8 Å². The van der Waals surface area contributed by atoms with E-state index in [-0.39, 0.29) is 19.3 Å². The van der Waals surface area contributed by atoms with E-state index in [1.54, 1.807) is 0 Å². The lowest BCUT2D eigenvalue weighted by Crippen LogP contribution is -2.37. The van der Waals surface area contributed by atoms with Crippen LogP contribution in [0.5, 0.6) is 0 Å². The van der Waals surface area contributed by atoms with E-state index in [0.717, 1.165) is 6.54 Å². The van der Waals surface area contributed by atoms with Gasteiger partial charge in [-0.15, -0.1) is 0 Å². The Labute approximate surface area is 97.3 Å². The number of hydrogen-bond acceptors (Lipinski definition) is 3. The summed E-state index contributed by atoms with van der Waals surface area (Å²) < 4.78 is 0. The van der Waals surface area contributed by atoms with Gasteiger partial charge in [0.25, 0.3) is 0 Å². The third kappa shape index (κ3) is 3.30. The van der Waals surface area contributed by atoms with Crippen molar-refractivity contribution in [3.05, 3.63) is 34.9 Å². The summed E-state index contributed by atoms with van der Waals surface area (Å²) in [5.41, 5.74) is 3.72. The van der Waals surface area contributed by atoms with Crippen LogP contribution in [-0.2, 0) is 6.54 Å². The Bertz CT molecular complexity index is 335. The summed E-state index contributed by atoms with van der Waals surface area (Å²) in [5, 5.41) is 18.2. The fourth-order valence-corrected chi connectivity index (χ4v) is 1.70. The van der Waals surface area contributed by atoms with Crippen LogP contribution in [0.2, 0.25) is 0 Å². The van der Waals surface area contributed by atoms with E-state index < -0.39 is 0 Å². The van der Waals surface area contributed by atoms with Crippen LogP contribution in [0.3, 0.4) is 0 Å². The first-order chi connectivity index (χ1) is 7.58. The molecule has 1 aromatic carbocycles. The molecule has 3 nitrogen and oxygen atoms in total. The number of benzene rings is 1. The fraction of sp³-hybridized carbons (Fsp3) is 0.538. The number of likely N-dealkylation sites (N-methyl/N-ethyl adjacent to an activating group) is 1. The molecular weight excluding hydrogens is 202 g/mol. The van der Waals surface area contributed by atoms with Crippen LogP contribution >= 0.6 is 0 Å². The summed E-state index contributed by atoms with van der Waals surface area (Å²) >= 11 is 0. The Balaban J connectivity index is 2.75. The molecule has 0 saturated heterocycles. The van der Waals surface area contributed by atoms with E-state index in [4.69, 9.17) is 10.2 Å². The van der Waals surface area contributed by atoms with E-state index in [9.17, 15) is 0 Å². The van der Waals surface area contributed by atoms with Crippen LogP contribution in [0.15, 0.2) is 18.2 Å². The summed E-state index contributed by atoms with van der Waals surface area (Å²) in [4.78, 5) is 1.97. The topological polar surface area (TPSA) is 43.7 Å². The Morgan fingerprint density at radius 3 is 2.38 bits per heavy atom. The molecule has 90 valence electrons. The highest BCUT2D eigenvalue weighted by molar-refractivity contribution is 5.30. The zero-order valence-electron chi connectivity index (χ0n) is 10.3. The van der Waals surface area contributed by atoms with Gasteiger partial charge in [-0.3, -0.25) is 4.90 Å². The molecule has 0 aliphatic rings. The summed E-state index contributed by atoms with van der Waals surface area (Å²) in [7, 11) is 1.92. The maximum atomic E-state index is 9.10. The van der Waals surface area contributed by atoms with E-state index in [1.165, 1.54) is 16.7 Å². The van der Waals surface area contributed by atoms with Crippen molar-refractivity contribution in [3.8, 4) is 0 Å². The number of hydrogen-bond donors (Lipinski definition) is 2. The predicted octanol–water partition coefficient (Wildman–Crippen LogP) is 1.09. The molecule has 0 radical (unpaired) electrons. The monoisotopic (exact) mass is 223 g/mol. The zero-order chi connectivity index (χ0) is 12.1. The van der Waals surface area contributed by atoms with Gasteiger partial charge in [0.05, 0.1) is 19.3 Å². The van der Waals surface area contributed by atoms with Crippen LogP contribution in [0, 0.1) is 13.8 Å². The predicted molar refractivity (Wildman–Crippen MR) is 65.3 cm³/mol. The molecule has 0 saturated carbocycles. The average molecular weight is 223 g/mol. The number of rotatable bonds is 5. The first kappa shape index (κ1) is 13.2. The van der Waals surface area contributed by atoms with Gasteiger partial charge in [-0.25, -0.2) is 0 Å². The number of aryl methyl sites for hydroxylation is 2. The van der Waals surface area contributed by atoms with Gasteiger partial charge in [0.2, 0.25) is 0 Å². The Morgan fingerprint density at radius 2 is 1.81 bits per heavy atom. The van der Waals surface area contributed by atoms with Gasteiger partial charge >= 0.3 is 0 Å². The van der Waals surface area contributed by atoms with Gasteiger partial charge in [0.1, 0.15) is 0 Å². The van der Waals surface area contributed by atoms with Gasteiger partial charge in [0, 0.05) is 6.54 Å². The fourth-order valence-electron chi connectivity index (χ4n) is 1.70. The molecule has 16 heavy (non-hydrogen) atoms. The second-order valence-electron chi connectivity index (χ2n) is 4.36. The molecular formula is C13H21NO2. The third-order valence-corrected chi connectivity index (χ3v) is 2.97. The molecule has 0 aliphatic carbocycles. The molecule has 0 atom stereocenters. The third-order valence-electron chi connectivity index (χ3n) is 2.97. The molecule has 0 bridgehead atoms. The van der Waals surface area contributed by atoms with Crippen molar-refractivity contribution < 1.29 is 10.2 Å². The molecule has 2 N–H and O–H groups in total. The van der Waals surface area contributed by atoms with Gasteiger partial charge in [-0.2, -0.15) is 0 Å². The molecule has 1 rings (SSSR count). The van der Waals surface area contributed by atoms with Crippen LogP contribution in [-0.4, -0.2) is 41.4 Å². The maximum absolute atomic E-state index is 9.10. The number of aliphatic hydroxyl groups excluding tert-OH is 2. The van der Waals surface area contributed by atoms with Crippen molar-refractivity contribution in [1.29, 1.82) is 0 Å². The lowest BCUT2D eigenvalue weighted by Gasteiger charge is -2.25. The lowest BCUT2D eigenvalue weighted by molar-refractivity contribution is 0.0872. The largest absolute Gasteiger partial charge is 0.395 e. The highest BCUT2D eigenvalue weighted by Crippen LogP contribution is 2.13. The van der Waals surface area contributed by atoms with Crippen molar-refractivity contribution >= 4 is 0 Å². The van der Waals surface area contributed by atoms with Crippen molar-refractivity contribution in [1.82, 2.24) is 4.90 Å². The molecule has 0 amide bonds. The summed E-state index contributed by atoms with van der Waals surface area (Å²) in [6.45, 7) is 4.86. The molecule has 0 heterocycles. The Morgan fingerprint density at radius 1 is 1.19 bits per heavy atom. The summed E-state index contributed by atoms with van der Waals surface area (Å²) in [6, 6.07) is 6.16. The zero-order valence-corrected chi connectivity index (χ0v) is 10.3. The van der Waals surface area contributed by atoms with Crippen LogP contribution in [0.1, 0.15) is 16.7 Å². The lowest BCUT2D eigenvalue weighted by atomic mass is 10.0. The van der Waals surface area contributed by atoms with Gasteiger partial charge in [-0.05, 0) is 32.0 Å². The molecule has 1 aromatic rings. The molecule has 0 aromatic heterocycles. The minimum atomic E-state index is -0.181. The van der Waals surface area contributed by atoms with Gasteiger partial charge < -0.3 is 10.2 Å². The number of nitrogens with zero attached hydrogens (tertiary/aromatic N) is 1. The second kappa shape index (κ2) is 5.99. The van der Waals surface area contributed by atoms with Crippen LogP contribution in [0.4, 0.5) is 0 Å². The highest BCUT2D eigenvalue weighted by Gasteiger charge is 2.13. The van der Waals surface area contributed by atoms with Crippen molar-refractivity contribution in [2.75, 3.05) is 20.3 Å². The Kier molecular flexibility index (Phi) is 4.93. The minimum Gasteiger partial charge on any atom is -0.395 e. The summed E-state index contributed by atoms with van der Waals surface area (Å²) in [6.07, 6.45) is 0. The maximum Gasteiger partial charge on any atom is 0.0609 e. The minimum absolute atomic E-state index is 0.0160. The van der Waals surface area contributed by atoms with E-state index in [0.29, 0.717) is 0 Å². The van der Waals surface area contributed by atoms with Crippen LogP contribution < -0.4 is 0 Å². The smallest absolute Gasteiger partial charge is 0.0609 e. The van der Waals surface area contributed by atoms with E-state index in [2.05, 4.69) is 32.0 Å². The highest BCUT2D eigenvalue weighted by atomic mass is 16.3. The SMILES string of the molecule is Cc1ccc(C)c(CN(C)C(CO)CO)c1. The molecule has 0 aliphatic heterocycles. The first-order valence-corrected chi connectivity index (χ1v) is 5.56. The van der Waals surface area contributed by atoms with E-state index >= 15 is 0 Å². The molecule has 3 heteroatoms. The second-order valence-corrected chi connectivity index (χ2v) is 4.36. The molecule has 0 spiro atoms. The van der Waals surface area contributed by atoms with Crippen molar-refractivity contribution in [3.63, 3.8) is 0 Å². The van der Waals surface area contributed by atoms with Crippen molar-refractivity contribution in [2.24, 2.45) is 0 Å². The normalized spacial score (nSPS) is 11.4.